The third-order valence-electron chi connectivity index (χ3n) is 3.84. The molecule has 1 aliphatic rings. The first-order valence-electron chi connectivity index (χ1n) is 6.84. The number of halogens is 1. The van der Waals surface area contributed by atoms with Gasteiger partial charge in [0.05, 0.1) is 6.42 Å². The average molecular weight is 360 g/mol. The summed E-state index contributed by atoms with van der Waals surface area (Å²) in [7, 11) is 0. The van der Waals surface area contributed by atoms with E-state index in [0.717, 1.165) is 10.0 Å². The first-order valence-corrected chi connectivity index (χ1v) is 7.63. The largest absolute Gasteiger partial charge is 0.375 e. The van der Waals surface area contributed by atoms with Gasteiger partial charge in [-0.2, -0.15) is 0 Å². The van der Waals surface area contributed by atoms with Crippen molar-refractivity contribution in [3.05, 3.63) is 63.6 Å². The summed E-state index contributed by atoms with van der Waals surface area (Å²) in [5, 5.41) is 13.4. The third kappa shape index (κ3) is 2.46. The van der Waals surface area contributed by atoms with Crippen molar-refractivity contribution >= 4 is 33.3 Å². The Morgan fingerprint density at radius 1 is 1.23 bits per heavy atom. The molecule has 0 aromatic heterocycles. The lowest BCUT2D eigenvalue weighted by Gasteiger charge is -2.20. The van der Waals surface area contributed by atoms with E-state index >= 15 is 0 Å². The molecule has 0 radical (unpaired) electrons. The number of aryl methyl sites for hydroxylation is 1. The predicted octanol–water partition coefficient (Wildman–Crippen LogP) is 3.17. The number of carbonyl (C=O) groups is 2. The number of carbonyl (C=O) groups excluding carboxylic acids is 2. The molecule has 0 saturated carbocycles. The van der Waals surface area contributed by atoms with Crippen LogP contribution in [0.5, 0.6) is 0 Å². The molecule has 22 heavy (non-hydrogen) atoms. The Balaban J connectivity index is 1.94. The van der Waals surface area contributed by atoms with E-state index in [4.69, 9.17) is 0 Å². The minimum absolute atomic E-state index is 0.273. The normalized spacial score (nSPS) is 19.7. The van der Waals surface area contributed by atoms with E-state index in [-0.39, 0.29) is 12.2 Å². The number of aliphatic hydroxyl groups is 1. The Hall–Kier alpha value is -1.98. The maximum atomic E-state index is 12.4. The molecule has 2 aromatic rings. The molecule has 112 valence electrons. The summed E-state index contributed by atoms with van der Waals surface area (Å²) in [5.41, 5.74) is 0.652. The van der Waals surface area contributed by atoms with Crippen molar-refractivity contribution in [2.75, 3.05) is 5.32 Å². The molecule has 0 aliphatic carbocycles. The lowest BCUT2D eigenvalue weighted by atomic mass is 9.88. The molecular weight excluding hydrogens is 346 g/mol. The zero-order valence-corrected chi connectivity index (χ0v) is 13.5. The van der Waals surface area contributed by atoms with Crippen molar-refractivity contribution in [1.29, 1.82) is 0 Å². The van der Waals surface area contributed by atoms with Crippen LogP contribution in [-0.2, 0) is 10.4 Å². The Kier molecular flexibility index (Phi) is 3.62. The summed E-state index contributed by atoms with van der Waals surface area (Å²) in [5.74, 6) is -0.841. The minimum atomic E-state index is -1.83. The molecule has 2 aromatic carbocycles. The molecule has 2 N–H and O–H groups in total. The number of anilines is 1. The fraction of sp³-hybridized carbons (Fsp3) is 0.176. The van der Waals surface area contributed by atoms with Crippen LogP contribution in [0.1, 0.15) is 27.9 Å². The highest BCUT2D eigenvalue weighted by atomic mass is 79.9. The third-order valence-corrected chi connectivity index (χ3v) is 4.33. The number of Topliss-reactive ketones (excluding diaryl/α,β-unsaturated/α-hetero) is 1. The molecule has 0 saturated heterocycles. The quantitative estimate of drug-likeness (QED) is 0.827. The van der Waals surface area contributed by atoms with Gasteiger partial charge < -0.3 is 10.4 Å². The molecule has 0 fully saturated rings. The molecule has 0 bridgehead atoms. The SMILES string of the molecule is Cc1ccc(C(=O)CC2(O)C(=O)Nc3ccc(Br)cc32)cc1. The Labute approximate surface area is 136 Å². The number of ketones is 1. The number of benzene rings is 2. The van der Waals surface area contributed by atoms with E-state index in [1.54, 1.807) is 30.3 Å². The molecule has 4 nitrogen and oxygen atoms in total. The number of hydrogen-bond donors (Lipinski definition) is 2. The molecule has 1 atom stereocenters. The van der Waals surface area contributed by atoms with Crippen LogP contribution < -0.4 is 5.32 Å². The molecule has 1 amide bonds. The maximum Gasteiger partial charge on any atom is 0.261 e. The molecule has 1 aliphatic heterocycles. The van der Waals surface area contributed by atoms with Gasteiger partial charge in [-0.05, 0) is 25.1 Å². The van der Waals surface area contributed by atoms with E-state index in [1.807, 2.05) is 19.1 Å². The fourth-order valence-corrected chi connectivity index (χ4v) is 2.93. The standard InChI is InChI=1S/C17H14BrNO3/c1-10-2-4-11(5-3-10)15(20)9-17(22)13-8-12(18)6-7-14(13)19-16(17)21/h2-8,22H,9H2,1H3,(H,19,21). The second kappa shape index (κ2) is 5.34. The zero-order valence-electron chi connectivity index (χ0n) is 11.9. The van der Waals surface area contributed by atoms with Crippen LogP contribution in [0.4, 0.5) is 5.69 Å². The highest BCUT2D eigenvalue weighted by Crippen LogP contribution is 2.40. The van der Waals surface area contributed by atoms with Crippen molar-refractivity contribution in [2.45, 2.75) is 18.9 Å². The summed E-state index contributed by atoms with van der Waals surface area (Å²) in [6.07, 6.45) is -0.286. The number of nitrogens with one attached hydrogen (secondary N) is 1. The van der Waals surface area contributed by atoms with Gasteiger partial charge in [0.25, 0.3) is 5.91 Å². The molecule has 5 heteroatoms. The zero-order chi connectivity index (χ0) is 15.9. The van der Waals surface area contributed by atoms with E-state index in [1.165, 1.54) is 0 Å². The van der Waals surface area contributed by atoms with Gasteiger partial charge >= 0.3 is 0 Å². The lowest BCUT2D eigenvalue weighted by molar-refractivity contribution is -0.133. The van der Waals surface area contributed by atoms with Gasteiger partial charge in [0.1, 0.15) is 0 Å². The predicted molar refractivity (Wildman–Crippen MR) is 86.8 cm³/mol. The minimum Gasteiger partial charge on any atom is -0.375 e. The highest BCUT2D eigenvalue weighted by Gasteiger charge is 2.46. The number of fused-ring (bicyclic) bond motifs is 1. The highest BCUT2D eigenvalue weighted by molar-refractivity contribution is 9.10. The van der Waals surface area contributed by atoms with Gasteiger partial charge in [-0.25, -0.2) is 0 Å². The molecule has 1 heterocycles. The van der Waals surface area contributed by atoms with Crippen molar-refractivity contribution in [1.82, 2.24) is 0 Å². The molecule has 0 spiro atoms. The van der Waals surface area contributed by atoms with Crippen molar-refractivity contribution in [2.24, 2.45) is 0 Å². The van der Waals surface area contributed by atoms with Crippen LogP contribution in [0.15, 0.2) is 46.9 Å². The van der Waals surface area contributed by atoms with Crippen molar-refractivity contribution in [3.8, 4) is 0 Å². The van der Waals surface area contributed by atoms with Gasteiger partial charge in [0, 0.05) is 21.3 Å². The molecular formula is C17H14BrNO3. The molecule has 1 unspecified atom stereocenters. The second-order valence-electron chi connectivity index (χ2n) is 5.47. The summed E-state index contributed by atoms with van der Waals surface area (Å²) in [6, 6.07) is 12.2. The first kappa shape index (κ1) is 14.9. The monoisotopic (exact) mass is 359 g/mol. The average Bonchev–Trinajstić information content (AvgIpc) is 2.71. The smallest absolute Gasteiger partial charge is 0.261 e. The Bertz CT molecular complexity index is 770. The van der Waals surface area contributed by atoms with Gasteiger partial charge in [-0.15, -0.1) is 0 Å². The van der Waals surface area contributed by atoms with Crippen LogP contribution in [0.25, 0.3) is 0 Å². The summed E-state index contributed by atoms with van der Waals surface area (Å²) in [4.78, 5) is 24.6. The number of rotatable bonds is 3. The van der Waals surface area contributed by atoms with Crippen molar-refractivity contribution in [3.63, 3.8) is 0 Å². The topological polar surface area (TPSA) is 66.4 Å². The van der Waals surface area contributed by atoms with Gasteiger partial charge in [0.15, 0.2) is 11.4 Å². The summed E-state index contributed by atoms with van der Waals surface area (Å²) < 4.78 is 0.740. The van der Waals surface area contributed by atoms with Gasteiger partial charge in [-0.3, -0.25) is 9.59 Å². The fourth-order valence-electron chi connectivity index (χ4n) is 2.57. The van der Waals surface area contributed by atoms with Crippen LogP contribution in [-0.4, -0.2) is 16.8 Å². The van der Waals surface area contributed by atoms with Crippen LogP contribution in [0, 0.1) is 6.92 Å². The van der Waals surface area contributed by atoms with E-state index < -0.39 is 11.5 Å². The van der Waals surface area contributed by atoms with E-state index in [9.17, 15) is 14.7 Å². The Morgan fingerprint density at radius 3 is 2.59 bits per heavy atom. The maximum absolute atomic E-state index is 12.4. The second-order valence-corrected chi connectivity index (χ2v) is 6.39. The van der Waals surface area contributed by atoms with Gasteiger partial charge in [0.2, 0.25) is 0 Å². The Morgan fingerprint density at radius 2 is 1.91 bits per heavy atom. The number of hydrogen-bond acceptors (Lipinski definition) is 3. The first-order chi connectivity index (χ1) is 10.4. The molecule has 3 rings (SSSR count). The van der Waals surface area contributed by atoms with Gasteiger partial charge in [-0.1, -0.05) is 45.8 Å². The van der Waals surface area contributed by atoms with Crippen LogP contribution in [0.3, 0.4) is 0 Å². The summed E-state index contributed by atoms with van der Waals surface area (Å²) >= 11 is 3.32. The van der Waals surface area contributed by atoms with E-state index in [0.29, 0.717) is 16.8 Å². The van der Waals surface area contributed by atoms with Crippen molar-refractivity contribution < 1.29 is 14.7 Å². The van der Waals surface area contributed by atoms with Crippen LogP contribution in [0.2, 0.25) is 0 Å². The summed E-state index contributed by atoms with van der Waals surface area (Å²) in [6.45, 7) is 1.93. The number of amides is 1. The van der Waals surface area contributed by atoms with Crippen LogP contribution >= 0.6 is 15.9 Å². The lowest BCUT2D eigenvalue weighted by Crippen LogP contribution is -2.36. The van der Waals surface area contributed by atoms with E-state index in [2.05, 4.69) is 21.2 Å².